The van der Waals surface area contributed by atoms with Crippen LogP contribution in [0.4, 0.5) is 0 Å². The number of rotatable bonds is 0. The second-order valence-corrected chi connectivity index (χ2v) is 1.41. The maximum atomic E-state index is 2.12. The van der Waals surface area contributed by atoms with E-state index in [0.717, 1.165) is 0 Å². The van der Waals surface area contributed by atoms with Crippen LogP contribution in [0.1, 0.15) is 54.4 Å². The van der Waals surface area contributed by atoms with Gasteiger partial charge in [0.1, 0.15) is 0 Å². The second-order valence-electron chi connectivity index (χ2n) is 1.41. The molecule has 0 aliphatic heterocycles. The quantitative estimate of drug-likeness (QED) is 0.453. The molecular formula is C8H22. The molecule has 0 rings (SSSR count). The first-order valence-corrected chi connectivity index (χ1v) is 3.83. The van der Waals surface area contributed by atoms with E-state index in [2.05, 4.69) is 27.7 Å². The van der Waals surface area contributed by atoms with Gasteiger partial charge in [0.15, 0.2) is 0 Å². The van der Waals surface area contributed by atoms with Gasteiger partial charge in [-0.3, -0.25) is 0 Å². The SMILES string of the molecule is CC.CCC.CCC. The third-order valence-electron chi connectivity index (χ3n) is 0. The smallest absolute Gasteiger partial charge is 0.0590 e. The lowest BCUT2D eigenvalue weighted by atomic mass is 10.6. The van der Waals surface area contributed by atoms with E-state index in [4.69, 9.17) is 0 Å². The van der Waals surface area contributed by atoms with Crippen LogP contribution in [0.25, 0.3) is 0 Å². The summed E-state index contributed by atoms with van der Waals surface area (Å²) < 4.78 is 0. The monoisotopic (exact) mass is 118 g/mol. The van der Waals surface area contributed by atoms with Crippen molar-refractivity contribution in [3.63, 3.8) is 0 Å². The van der Waals surface area contributed by atoms with Crippen molar-refractivity contribution in [3.05, 3.63) is 0 Å². The van der Waals surface area contributed by atoms with Gasteiger partial charge >= 0.3 is 0 Å². The number of hydrogen-bond donors (Lipinski definition) is 0. The van der Waals surface area contributed by atoms with Crippen molar-refractivity contribution in [1.29, 1.82) is 0 Å². The minimum Gasteiger partial charge on any atom is -0.0683 e. The summed E-state index contributed by atoms with van der Waals surface area (Å²) in [5.41, 5.74) is 0. The lowest BCUT2D eigenvalue weighted by molar-refractivity contribution is 1.09. The molecule has 0 amide bonds. The highest BCUT2D eigenvalue weighted by molar-refractivity contribution is 3.92. The minimum atomic E-state index is 1.25. The van der Waals surface area contributed by atoms with Gasteiger partial charge in [-0.1, -0.05) is 54.4 Å². The Morgan fingerprint density at radius 1 is 0.625 bits per heavy atom. The van der Waals surface area contributed by atoms with Crippen molar-refractivity contribution in [2.24, 2.45) is 0 Å². The molecule has 0 aliphatic carbocycles. The van der Waals surface area contributed by atoms with E-state index in [1.165, 1.54) is 12.8 Å². The highest BCUT2D eigenvalue weighted by Gasteiger charge is 1.36. The molecular weight excluding hydrogens is 96.1 g/mol. The van der Waals surface area contributed by atoms with Gasteiger partial charge in [0.05, 0.1) is 0 Å². The average Bonchev–Trinajstić information content (AvgIpc) is 1.75. The third-order valence-corrected chi connectivity index (χ3v) is 0. The van der Waals surface area contributed by atoms with Crippen molar-refractivity contribution in [1.82, 2.24) is 0 Å². The highest BCUT2D eigenvalue weighted by Crippen LogP contribution is 1.56. The van der Waals surface area contributed by atoms with Crippen LogP contribution in [0.3, 0.4) is 0 Å². The molecule has 0 nitrogen and oxygen atoms in total. The molecule has 0 aromatic carbocycles. The minimum absolute atomic E-state index is 1.25. The standard InChI is InChI=1S/2C3H8.C2H6/c2*1-3-2;1-2/h2*3H2,1-2H3;1-2H3. The van der Waals surface area contributed by atoms with E-state index in [0.29, 0.717) is 0 Å². The molecule has 0 aromatic rings. The molecule has 0 spiro atoms. The van der Waals surface area contributed by atoms with Crippen molar-refractivity contribution in [3.8, 4) is 0 Å². The van der Waals surface area contributed by atoms with Crippen molar-refractivity contribution in [2.45, 2.75) is 54.4 Å². The van der Waals surface area contributed by atoms with E-state index >= 15 is 0 Å². The normalized spacial score (nSPS) is 5.25. The fraction of sp³-hybridized carbons (Fsp3) is 1.00. The van der Waals surface area contributed by atoms with Crippen LogP contribution < -0.4 is 0 Å². The molecule has 0 unspecified atom stereocenters. The zero-order chi connectivity index (χ0) is 7.41. The Morgan fingerprint density at radius 2 is 0.625 bits per heavy atom. The maximum absolute atomic E-state index is 2.12. The highest BCUT2D eigenvalue weighted by atomic mass is 13.4. The largest absolute Gasteiger partial charge is 0.0683 e. The lowest BCUT2D eigenvalue weighted by Gasteiger charge is -1.48. The van der Waals surface area contributed by atoms with Gasteiger partial charge in [0.2, 0.25) is 0 Å². The van der Waals surface area contributed by atoms with Crippen LogP contribution in [-0.2, 0) is 0 Å². The van der Waals surface area contributed by atoms with Gasteiger partial charge in [-0.25, -0.2) is 0 Å². The van der Waals surface area contributed by atoms with Crippen LogP contribution in [0.2, 0.25) is 0 Å². The fourth-order valence-electron chi connectivity index (χ4n) is 0. The summed E-state index contributed by atoms with van der Waals surface area (Å²) in [6.45, 7) is 12.5. The number of hydrogen-bond acceptors (Lipinski definition) is 0. The maximum Gasteiger partial charge on any atom is -0.0590 e. The van der Waals surface area contributed by atoms with Crippen LogP contribution in [0.15, 0.2) is 0 Å². The predicted octanol–water partition coefficient (Wildman–Crippen LogP) is 3.86. The molecule has 0 aromatic heterocycles. The zero-order valence-corrected chi connectivity index (χ0v) is 7.41. The van der Waals surface area contributed by atoms with Crippen LogP contribution in [0.5, 0.6) is 0 Å². The van der Waals surface area contributed by atoms with Crippen molar-refractivity contribution < 1.29 is 0 Å². The molecule has 0 saturated heterocycles. The van der Waals surface area contributed by atoms with E-state index in [-0.39, 0.29) is 0 Å². The van der Waals surface area contributed by atoms with Gasteiger partial charge in [-0.15, -0.1) is 0 Å². The molecule has 0 heteroatoms. The third kappa shape index (κ3) is 0. The summed E-state index contributed by atoms with van der Waals surface area (Å²) in [4.78, 5) is 0. The van der Waals surface area contributed by atoms with Crippen molar-refractivity contribution >= 4 is 0 Å². The first-order chi connectivity index (χ1) is 3.83. The Labute approximate surface area is 55.3 Å². The summed E-state index contributed by atoms with van der Waals surface area (Å²) in [6.07, 6.45) is 2.50. The predicted molar refractivity (Wildman–Crippen MR) is 43.3 cm³/mol. The van der Waals surface area contributed by atoms with Crippen LogP contribution in [-0.4, -0.2) is 0 Å². The van der Waals surface area contributed by atoms with Crippen LogP contribution in [0, 0.1) is 0 Å². The van der Waals surface area contributed by atoms with Gasteiger partial charge in [0, 0.05) is 0 Å². The Balaban J connectivity index is -0.0000000483. The summed E-state index contributed by atoms with van der Waals surface area (Å²) in [5.74, 6) is 0. The molecule has 8 heavy (non-hydrogen) atoms. The fourth-order valence-corrected chi connectivity index (χ4v) is 0. The molecule has 0 aliphatic rings. The molecule has 0 fully saturated rings. The van der Waals surface area contributed by atoms with Crippen molar-refractivity contribution in [2.75, 3.05) is 0 Å². The summed E-state index contributed by atoms with van der Waals surface area (Å²) >= 11 is 0. The molecule has 0 heterocycles. The average molecular weight is 118 g/mol. The van der Waals surface area contributed by atoms with E-state index < -0.39 is 0 Å². The molecule has 0 radical (unpaired) electrons. The topological polar surface area (TPSA) is 0 Å². The van der Waals surface area contributed by atoms with Gasteiger partial charge < -0.3 is 0 Å². The summed E-state index contributed by atoms with van der Waals surface area (Å²) in [7, 11) is 0. The Morgan fingerprint density at radius 3 is 0.625 bits per heavy atom. The van der Waals surface area contributed by atoms with Gasteiger partial charge in [-0.05, 0) is 0 Å². The first-order valence-electron chi connectivity index (χ1n) is 3.83. The Kier molecular flexibility index (Phi) is 123. The first kappa shape index (κ1) is 15.7. The zero-order valence-electron chi connectivity index (χ0n) is 7.41. The Hall–Kier alpha value is 0. The molecule has 0 saturated carbocycles. The van der Waals surface area contributed by atoms with E-state index in [9.17, 15) is 0 Å². The summed E-state index contributed by atoms with van der Waals surface area (Å²) in [5, 5.41) is 0. The van der Waals surface area contributed by atoms with E-state index in [1.807, 2.05) is 13.8 Å². The van der Waals surface area contributed by atoms with Gasteiger partial charge in [0.25, 0.3) is 0 Å². The molecule has 0 N–H and O–H groups in total. The van der Waals surface area contributed by atoms with Gasteiger partial charge in [-0.2, -0.15) is 0 Å². The molecule has 0 bridgehead atoms. The second kappa shape index (κ2) is 63.0. The van der Waals surface area contributed by atoms with Crippen LogP contribution >= 0.6 is 0 Å². The Bertz CT molecular complexity index is 2.00. The molecule has 54 valence electrons. The molecule has 0 atom stereocenters. The summed E-state index contributed by atoms with van der Waals surface area (Å²) in [6, 6.07) is 0. The lowest BCUT2D eigenvalue weighted by Crippen LogP contribution is -1.27. The van der Waals surface area contributed by atoms with E-state index in [1.54, 1.807) is 0 Å².